The Labute approximate surface area is 160 Å². The minimum Gasteiger partial charge on any atom is -0.854 e. The van der Waals surface area contributed by atoms with Crippen LogP contribution in [-0.4, -0.2) is 21.7 Å². The molecule has 0 spiro atoms. The van der Waals surface area contributed by atoms with Gasteiger partial charge in [0.05, 0.1) is 23.4 Å². The van der Waals surface area contributed by atoms with Crippen LogP contribution in [0.1, 0.15) is 32.2 Å². The Hall–Kier alpha value is -2.87. The fraction of sp³-hybridized carbons (Fsp3) is 0.263. The van der Waals surface area contributed by atoms with E-state index < -0.39 is 6.17 Å². The highest BCUT2D eigenvalue weighted by molar-refractivity contribution is 7.99. The van der Waals surface area contributed by atoms with Crippen molar-refractivity contribution in [3.8, 4) is 17.1 Å². The lowest BCUT2D eigenvalue weighted by atomic mass is 10.0. The SMILES string of the molecule is CCSc1nc([O-])c2[n+](n1)C(c1ccco1)N(C(=O)CC)c1ccccc1-2. The number of anilines is 1. The predicted octanol–water partition coefficient (Wildman–Crippen LogP) is 2.51. The standard InChI is InChI=1S/C19H18N4O3S/c1-3-15(24)22-13-9-6-5-8-12(13)16-17(25)20-19(27-4-2)21-23(16)18(22)14-10-7-11-26-14/h5-11,18H,3-4H2,1-2H3. The fourth-order valence-corrected chi connectivity index (χ4v) is 3.81. The van der Waals surface area contributed by atoms with Gasteiger partial charge in [0.2, 0.25) is 5.91 Å². The normalized spacial score (nSPS) is 15.3. The lowest BCUT2D eigenvalue weighted by Crippen LogP contribution is -2.59. The summed E-state index contributed by atoms with van der Waals surface area (Å²) in [6.45, 7) is 3.77. The number of amides is 1. The maximum Gasteiger partial charge on any atom is 0.325 e. The fourth-order valence-electron chi connectivity index (χ4n) is 3.26. The molecule has 3 aromatic rings. The van der Waals surface area contributed by atoms with Gasteiger partial charge in [0.25, 0.3) is 10.9 Å². The molecule has 8 heteroatoms. The van der Waals surface area contributed by atoms with Crippen molar-refractivity contribution >= 4 is 23.4 Å². The van der Waals surface area contributed by atoms with Crippen LogP contribution in [0, 0.1) is 0 Å². The molecule has 0 saturated heterocycles. The first kappa shape index (κ1) is 17.5. The van der Waals surface area contributed by atoms with Crippen molar-refractivity contribution in [1.29, 1.82) is 0 Å². The number of furan rings is 1. The molecule has 4 rings (SSSR count). The number of thioether (sulfide) groups is 1. The van der Waals surface area contributed by atoms with E-state index in [0.29, 0.717) is 34.3 Å². The van der Waals surface area contributed by atoms with Crippen molar-refractivity contribution in [3.63, 3.8) is 0 Å². The third-order valence-electron chi connectivity index (χ3n) is 4.36. The predicted molar refractivity (Wildman–Crippen MR) is 98.1 cm³/mol. The first-order valence-electron chi connectivity index (χ1n) is 8.74. The average molecular weight is 382 g/mol. The van der Waals surface area contributed by atoms with Gasteiger partial charge >= 0.3 is 6.17 Å². The molecule has 27 heavy (non-hydrogen) atoms. The van der Waals surface area contributed by atoms with Crippen LogP contribution in [-0.2, 0) is 4.79 Å². The molecule has 1 amide bonds. The van der Waals surface area contributed by atoms with E-state index in [-0.39, 0.29) is 11.8 Å². The molecule has 138 valence electrons. The Morgan fingerprint density at radius 2 is 2.11 bits per heavy atom. The molecular formula is C19H18N4O3S. The number of hydrogen-bond donors (Lipinski definition) is 0. The summed E-state index contributed by atoms with van der Waals surface area (Å²) in [6, 6.07) is 10.9. The highest BCUT2D eigenvalue weighted by Crippen LogP contribution is 2.41. The minimum atomic E-state index is -0.677. The number of hydrogen-bond acceptors (Lipinski definition) is 6. The zero-order valence-corrected chi connectivity index (χ0v) is 15.8. The van der Waals surface area contributed by atoms with E-state index in [1.54, 1.807) is 28.0 Å². The van der Waals surface area contributed by atoms with E-state index in [0.717, 1.165) is 5.75 Å². The van der Waals surface area contributed by atoms with Crippen molar-refractivity contribution < 1.29 is 19.0 Å². The van der Waals surface area contributed by atoms with Crippen molar-refractivity contribution in [3.05, 3.63) is 48.4 Å². The largest absolute Gasteiger partial charge is 0.854 e. The molecule has 1 aromatic carbocycles. The summed E-state index contributed by atoms with van der Waals surface area (Å²) in [5.41, 5.74) is 1.65. The number of rotatable bonds is 4. The van der Waals surface area contributed by atoms with Crippen LogP contribution in [0.2, 0.25) is 0 Å². The maximum absolute atomic E-state index is 12.9. The van der Waals surface area contributed by atoms with Crippen LogP contribution in [0.4, 0.5) is 5.69 Å². The van der Waals surface area contributed by atoms with Crippen molar-refractivity contribution in [1.82, 2.24) is 10.1 Å². The Kier molecular flexibility index (Phi) is 4.57. The number of fused-ring (bicyclic) bond motifs is 3. The van der Waals surface area contributed by atoms with Gasteiger partial charge in [-0.05, 0) is 34.7 Å². The minimum absolute atomic E-state index is 0.0854. The molecule has 1 aliphatic rings. The van der Waals surface area contributed by atoms with Crippen molar-refractivity contribution in [2.75, 3.05) is 10.7 Å². The van der Waals surface area contributed by atoms with E-state index in [9.17, 15) is 9.90 Å². The van der Waals surface area contributed by atoms with Crippen LogP contribution in [0.25, 0.3) is 11.3 Å². The summed E-state index contributed by atoms with van der Waals surface area (Å²) < 4.78 is 7.20. The molecular weight excluding hydrogens is 364 g/mol. The van der Waals surface area contributed by atoms with Crippen LogP contribution in [0.15, 0.2) is 52.2 Å². The summed E-state index contributed by atoms with van der Waals surface area (Å²) >= 11 is 1.38. The van der Waals surface area contributed by atoms with Crippen LogP contribution < -0.4 is 14.7 Å². The van der Waals surface area contributed by atoms with Crippen molar-refractivity contribution in [2.45, 2.75) is 31.6 Å². The topological polar surface area (TPSA) is 86.2 Å². The molecule has 1 aliphatic heterocycles. The van der Waals surface area contributed by atoms with E-state index >= 15 is 0 Å². The lowest BCUT2D eigenvalue weighted by molar-refractivity contribution is -0.765. The molecule has 0 aliphatic carbocycles. The lowest BCUT2D eigenvalue weighted by Gasteiger charge is -2.32. The summed E-state index contributed by atoms with van der Waals surface area (Å²) in [4.78, 5) is 18.7. The highest BCUT2D eigenvalue weighted by Gasteiger charge is 2.45. The van der Waals surface area contributed by atoms with Gasteiger partial charge < -0.3 is 9.52 Å². The smallest absolute Gasteiger partial charge is 0.325 e. The molecule has 2 aromatic heterocycles. The number of carbonyl (C=O) groups excluding carboxylic acids is 1. The molecule has 3 heterocycles. The Bertz CT molecular complexity index is 991. The van der Waals surface area contributed by atoms with Gasteiger partial charge in [-0.1, -0.05) is 37.7 Å². The molecule has 0 bridgehead atoms. The Balaban J connectivity index is 2.04. The second-order valence-corrected chi connectivity index (χ2v) is 7.18. The Morgan fingerprint density at radius 1 is 1.30 bits per heavy atom. The van der Waals surface area contributed by atoms with E-state index in [2.05, 4.69) is 10.1 Å². The summed E-state index contributed by atoms with van der Waals surface area (Å²) in [5, 5.41) is 17.8. The van der Waals surface area contributed by atoms with E-state index in [4.69, 9.17) is 4.42 Å². The second kappa shape index (κ2) is 7.03. The quantitative estimate of drug-likeness (QED) is 0.509. The molecule has 7 nitrogen and oxygen atoms in total. The molecule has 0 radical (unpaired) electrons. The van der Waals surface area contributed by atoms with Gasteiger partial charge in [0.15, 0.2) is 5.76 Å². The first-order chi connectivity index (χ1) is 13.2. The number of aromatic nitrogens is 3. The zero-order chi connectivity index (χ0) is 19.0. The highest BCUT2D eigenvalue weighted by atomic mass is 32.2. The first-order valence-corrected chi connectivity index (χ1v) is 9.72. The van der Waals surface area contributed by atoms with E-state index in [1.165, 1.54) is 11.8 Å². The second-order valence-electron chi connectivity index (χ2n) is 5.95. The summed E-state index contributed by atoms with van der Waals surface area (Å²) in [5.74, 6) is 0.813. The van der Waals surface area contributed by atoms with Gasteiger partial charge in [-0.2, -0.15) is 0 Å². The number of benzene rings is 1. The monoisotopic (exact) mass is 382 g/mol. The maximum atomic E-state index is 12.9. The van der Waals surface area contributed by atoms with Gasteiger partial charge in [0, 0.05) is 11.5 Å². The third kappa shape index (κ3) is 2.86. The molecule has 0 N–H and O–H groups in total. The van der Waals surface area contributed by atoms with Crippen molar-refractivity contribution in [2.24, 2.45) is 0 Å². The van der Waals surface area contributed by atoms with Gasteiger partial charge in [-0.15, -0.1) is 0 Å². The molecule has 1 unspecified atom stereocenters. The Morgan fingerprint density at radius 3 is 2.81 bits per heavy atom. The summed E-state index contributed by atoms with van der Waals surface area (Å²) in [7, 11) is 0. The molecule has 0 saturated carbocycles. The van der Waals surface area contributed by atoms with E-state index in [1.807, 2.05) is 38.1 Å². The summed E-state index contributed by atoms with van der Waals surface area (Å²) in [6.07, 6.45) is 1.18. The molecule has 1 atom stereocenters. The van der Waals surface area contributed by atoms with Crippen LogP contribution in [0.3, 0.4) is 0 Å². The molecule has 0 fully saturated rings. The third-order valence-corrected chi connectivity index (χ3v) is 5.08. The van der Waals surface area contributed by atoms with Gasteiger partial charge in [-0.25, -0.2) is 9.88 Å². The van der Waals surface area contributed by atoms with Gasteiger partial charge in [0.1, 0.15) is 0 Å². The average Bonchev–Trinajstić information content (AvgIpc) is 3.20. The van der Waals surface area contributed by atoms with Crippen LogP contribution in [0.5, 0.6) is 5.88 Å². The zero-order valence-electron chi connectivity index (χ0n) is 15.0. The van der Waals surface area contributed by atoms with Crippen LogP contribution >= 0.6 is 11.8 Å². The number of para-hydroxylation sites is 1. The number of carbonyl (C=O) groups is 1. The number of nitrogens with zero attached hydrogens (tertiary/aromatic N) is 4. The van der Waals surface area contributed by atoms with Gasteiger partial charge in [-0.3, -0.25) is 4.79 Å².